The molecule has 0 N–H and O–H groups in total. The second-order valence-corrected chi connectivity index (χ2v) is 4.23. The average Bonchev–Trinajstić information content (AvgIpc) is 2.45. The molecule has 0 saturated heterocycles. The van der Waals surface area contributed by atoms with E-state index in [0.29, 0.717) is 5.92 Å². The Kier molecular flexibility index (Phi) is 2.06. The predicted molar refractivity (Wildman–Crippen MR) is 59.5 cm³/mol. The Morgan fingerprint density at radius 3 is 2.64 bits per heavy atom. The highest BCUT2D eigenvalue weighted by Gasteiger charge is 2.06. The third-order valence-electron chi connectivity index (χ3n) is 2.60. The first-order chi connectivity index (χ1) is 6.58. The normalized spacial score (nSPS) is 11.5. The number of nitrogens with zero attached hydrogens (tertiary/aromatic N) is 2. The van der Waals surface area contributed by atoms with Crippen molar-refractivity contribution in [3.8, 4) is 0 Å². The van der Waals surface area contributed by atoms with Gasteiger partial charge >= 0.3 is 0 Å². The topological polar surface area (TPSA) is 17.8 Å². The second-order valence-electron chi connectivity index (χ2n) is 4.23. The van der Waals surface area contributed by atoms with Gasteiger partial charge in [0.25, 0.3) is 0 Å². The van der Waals surface area contributed by atoms with Gasteiger partial charge in [0.05, 0.1) is 5.52 Å². The van der Waals surface area contributed by atoms with Crippen LogP contribution in [0.5, 0.6) is 0 Å². The molecule has 0 amide bonds. The van der Waals surface area contributed by atoms with Crippen molar-refractivity contribution in [2.75, 3.05) is 0 Å². The number of hydrogen-bond donors (Lipinski definition) is 0. The molecule has 14 heavy (non-hydrogen) atoms. The summed E-state index contributed by atoms with van der Waals surface area (Å²) in [7, 11) is 1.97. The third kappa shape index (κ3) is 1.41. The Bertz CT molecular complexity index is 466. The molecule has 0 unspecified atom stereocenters. The molecule has 0 bridgehead atoms. The third-order valence-corrected chi connectivity index (χ3v) is 2.60. The molecule has 1 heterocycles. The average molecular weight is 188 g/mol. The summed E-state index contributed by atoms with van der Waals surface area (Å²) in [6.07, 6.45) is 2.08. The molecule has 0 radical (unpaired) electrons. The molecule has 74 valence electrons. The van der Waals surface area contributed by atoms with Crippen molar-refractivity contribution in [1.82, 2.24) is 9.78 Å². The zero-order chi connectivity index (χ0) is 10.3. The summed E-state index contributed by atoms with van der Waals surface area (Å²) in [5.41, 5.74) is 3.78. The van der Waals surface area contributed by atoms with E-state index >= 15 is 0 Å². The minimum atomic E-state index is 0.582. The fourth-order valence-corrected chi connectivity index (χ4v) is 1.79. The van der Waals surface area contributed by atoms with Crippen LogP contribution in [0, 0.1) is 6.92 Å². The van der Waals surface area contributed by atoms with Crippen LogP contribution in [0.3, 0.4) is 0 Å². The van der Waals surface area contributed by atoms with Gasteiger partial charge in [-0.1, -0.05) is 19.9 Å². The SMILES string of the molecule is Cc1cc(C(C)C)cc2cn(C)nc12. The molecule has 2 heteroatoms. The Labute approximate surface area is 84.5 Å². The lowest BCUT2D eigenvalue weighted by Gasteiger charge is -2.06. The minimum absolute atomic E-state index is 0.582. The molecular weight excluding hydrogens is 172 g/mol. The molecule has 0 atom stereocenters. The van der Waals surface area contributed by atoms with Crippen molar-refractivity contribution in [2.45, 2.75) is 26.7 Å². The van der Waals surface area contributed by atoms with Crippen molar-refractivity contribution in [3.05, 3.63) is 29.5 Å². The monoisotopic (exact) mass is 188 g/mol. The lowest BCUT2D eigenvalue weighted by Crippen LogP contribution is -1.89. The zero-order valence-electron chi connectivity index (χ0n) is 9.20. The van der Waals surface area contributed by atoms with E-state index in [4.69, 9.17) is 0 Å². The smallest absolute Gasteiger partial charge is 0.0952 e. The van der Waals surface area contributed by atoms with Crippen molar-refractivity contribution >= 4 is 10.9 Å². The van der Waals surface area contributed by atoms with Crippen LogP contribution < -0.4 is 0 Å². The van der Waals surface area contributed by atoms with Crippen LogP contribution in [-0.4, -0.2) is 9.78 Å². The zero-order valence-corrected chi connectivity index (χ0v) is 9.20. The quantitative estimate of drug-likeness (QED) is 0.672. The fraction of sp³-hybridized carbons (Fsp3) is 0.417. The van der Waals surface area contributed by atoms with Gasteiger partial charge in [0, 0.05) is 18.6 Å². The highest BCUT2D eigenvalue weighted by atomic mass is 15.2. The van der Waals surface area contributed by atoms with Crippen LogP contribution in [0.2, 0.25) is 0 Å². The minimum Gasteiger partial charge on any atom is -0.275 e. The molecule has 0 saturated carbocycles. The van der Waals surface area contributed by atoms with E-state index < -0.39 is 0 Å². The van der Waals surface area contributed by atoms with Gasteiger partial charge in [-0.3, -0.25) is 4.68 Å². The number of benzene rings is 1. The maximum atomic E-state index is 4.43. The van der Waals surface area contributed by atoms with Crippen molar-refractivity contribution in [1.29, 1.82) is 0 Å². The Hall–Kier alpha value is -1.31. The highest BCUT2D eigenvalue weighted by molar-refractivity contribution is 5.82. The summed E-state index contributed by atoms with van der Waals surface area (Å²) >= 11 is 0. The fourth-order valence-electron chi connectivity index (χ4n) is 1.79. The molecule has 0 aliphatic rings. The maximum Gasteiger partial charge on any atom is 0.0952 e. The van der Waals surface area contributed by atoms with Crippen molar-refractivity contribution in [2.24, 2.45) is 7.05 Å². The first kappa shape index (κ1) is 9.25. The van der Waals surface area contributed by atoms with Crippen LogP contribution in [-0.2, 0) is 7.05 Å². The van der Waals surface area contributed by atoms with Crippen molar-refractivity contribution in [3.63, 3.8) is 0 Å². The van der Waals surface area contributed by atoms with Gasteiger partial charge in [-0.2, -0.15) is 5.10 Å². The molecule has 0 spiro atoms. The Morgan fingerprint density at radius 1 is 1.29 bits per heavy atom. The van der Waals surface area contributed by atoms with Gasteiger partial charge in [0.1, 0.15) is 0 Å². The molecule has 0 aliphatic heterocycles. The van der Waals surface area contributed by atoms with E-state index in [1.54, 1.807) is 0 Å². The van der Waals surface area contributed by atoms with E-state index in [1.807, 2.05) is 11.7 Å². The van der Waals surface area contributed by atoms with E-state index in [1.165, 1.54) is 16.5 Å². The van der Waals surface area contributed by atoms with Gasteiger partial charge in [0.15, 0.2) is 0 Å². The standard InChI is InChI=1S/C12H16N2/c1-8(2)10-5-9(3)12-11(6-10)7-14(4)13-12/h5-8H,1-4H3. The largest absolute Gasteiger partial charge is 0.275 e. The summed E-state index contributed by atoms with van der Waals surface area (Å²) in [5, 5.41) is 5.68. The molecule has 2 rings (SSSR count). The highest BCUT2D eigenvalue weighted by Crippen LogP contribution is 2.23. The van der Waals surface area contributed by atoms with Gasteiger partial charge in [0.2, 0.25) is 0 Å². The number of aryl methyl sites for hydroxylation is 2. The van der Waals surface area contributed by atoms with Crippen LogP contribution >= 0.6 is 0 Å². The van der Waals surface area contributed by atoms with E-state index in [9.17, 15) is 0 Å². The van der Waals surface area contributed by atoms with E-state index in [0.717, 1.165) is 5.52 Å². The summed E-state index contributed by atoms with van der Waals surface area (Å²) in [5.74, 6) is 0.582. The number of aromatic nitrogens is 2. The van der Waals surface area contributed by atoms with Crippen LogP contribution in [0.25, 0.3) is 10.9 Å². The summed E-state index contributed by atoms with van der Waals surface area (Å²) in [6, 6.07) is 4.47. The number of fused-ring (bicyclic) bond motifs is 1. The van der Waals surface area contributed by atoms with Gasteiger partial charge in [-0.25, -0.2) is 0 Å². The van der Waals surface area contributed by atoms with E-state index in [-0.39, 0.29) is 0 Å². The predicted octanol–water partition coefficient (Wildman–Crippen LogP) is 3.01. The van der Waals surface area contributed by atoms with E-state index in [2.05, 4.69) is 44.2 Å². The molecule has 2 aromatic rings. The molecular formula is C12H16N2. The summed E-state index contributed by atoms with van der Waals surface area (Å²) < 4.78 is 1.88. The molecule has 0 fully saturated rings. The Morgan fingerprint density at radius 2 is 2.00 bits per heavy atom. The first-order valence-corrected chi connectivity index (χ1v) is 5.02. The molecule has 0 aliphatic carbocycles. The van der Waals surface area contributed by atoms with Crippen LogP contribution in [0.15, 0.2) is 18.3 Å². The molecule has 2 nitrogen and oxygen atoms in total. The van der Waals surface area contributed by atoms with Gasteiger partial charge in [-0.05, 0) is 30.0 Å². The van der Waals surface area contributed by atoms with Crippen LogP contribution in [0.1, 0.15) is 30.9 Å². The maximum absolute atomic E-state index is 4.43. The summed E-state index contributed by atoms with van der Waals surface area (Å²) in [6.45, 7) is 6.56. The van der Waals surface area contributed by atoms with Gasteiger partial charge < -0.3 is 0 Å². The summed E-state index contributed by atoms with van der Waals surface area (Å²) in [4.78, 5) is 0. The van der Waals surface area contributed by atoms with Gasteiger partial charge in [-0.15, -0.1) is 0 Å². The number of rotatable bonds is 1. The van der Waals surface area contributed by atoms with Crippen LogP contribution in [0.4, 0.5) is 0 Å². The number of hydrogen-bond acceptors (Lipinski definition) is 1. The molecule has 1 aromatic heterocycles. The lowest BCUT2D eigenvalue weighted by molar-refractivity contribution is 0.779. The molecule has 1 aromatic carbocycles. The first-order valence-electron chi connectivity index (χ1n) is 5.02. The second kappa shape index (κ2) is 3.12. The van der Waals surface area contributed by atoms with Crippen molar-refractivity contribution < 1.29 is 0 Å². The Balaban J connectivity index is 2.71. The lowest BCUT2D eigenvalue weighted by atomic mass is 9.99.